The molecular weight excluding hydrogens is 460 g/mol. The van der Waals surface area contributed by atoms with Gasteiger partial charge in [0.2, 0.25) is 0 Å². The van der Waals surface area contributed by atoms with Gasteiger partial charge in [0.1, 0.15) is 12.0 Å². The molecule has 0 aliphatic carbocycles. The number of nitrogen functional groups attached to an aromatic ring is 1. The Bertz CT molecular complexity index is 851. The maximum atomic E-state index is 6.17. The number of anilines is 5. The minimum atomic E-state index is 0.396. The Kier molecular flexibility index (Phi) is 5.27. The summed E-state index contributed by atoms with van der Waals surface area (Å²) in [5, 5.41) is 7.33. The first-order chi connectivity index (χ1) is 11.5. The van der Waals surface area contributed by atoms with Gasteiger partial charge >= 0.3 is 0 Å². The van der Waals surface area contributed by atoms with Gasteiger partial charge in [-0.15, -0.1) is 0 Å². The minimum absolute atomic E-state index is 0.396. The number of hydrogen-bond acceptors (Lipinski definition) is 5. The molecule has 0 fully saturated rings. The fourth-order valence-electron chi connectivity index (χ4n) is 2.03. The summed E-state index contributed by atoms with van der Waals surface area (Å²) in [4.78, 5) is 8.37. The topological polar surface area (TPSA) is 75.9 Å². The van der Waals surface area contributed by atoms with Crippen molar-refractivity contribution in [2.45, 2.75) is 0 Å². The molecule has 2 aromatic carbocycles. The summed E-state index contributed by atoms with van der Waals surface area (Å²) in [6.45, 7) is 0. The average Bonchev–Trinajstić information content (AvgIpc) is 2.52. The van der Waals surface area contributed by atoms with Gasteiger partial charge in [-0.05, 0) is 65.1 Å². The van der Waals surface area contributed by atoms with Crippen LogP contribution in [0.1, 0.15) is 0 Å². The van der Waals surface area contributed by atoms with Gasteiger partial charge in [0.15, 0.2) is 11.6 Å². The number of nitrogens with zero attached hydrogens (tertiary/aromatic N) is 2. The van der Waals surface area contributed by atoms with Gasteiger partial charge in [-0.2, -0.15) is 0 Å². The molecule has 0 radical (unpaired) electrons. The van der Waals surface area contributed by atoms with Gasteiger partial charge in [-0.1, -0.05) is 23.2 Å². The Morgan fingerprint density at radius 3 is 1.96 bits per heavy atom. The molecule has 8 heteroatoms. The lowest BCUT2D eigenvalue weighted by atomic mass is 10.3. The summed E-state index contributed by atoms with van der Waals surface area (Å²) in [6.07, 6.45) is 1.43. The molecule has 1 heterocycles. The van der Waals surface area contributed by atoms with Crippen LogP contribution in [0, 0.1) is 3.57 Å². The van der Waals surface area contributed by atoms with E-state index in [1.54, 1.807) is 18.2 Å². The lowest BCUT2D eigenvalue weighted by Gasteiger charge is -2.13. The largest absolute Gasteiger partial charge is 0.393 e. The highest BCUT2D eigenvalue weighted by atomic mass is 127. The number of nitrogens with two attached hydrogens (primary N) is 1. The summed E-state index contributed by atoms with van der Waals surface area (Å²) in [5.74, 6) is 0.984. The molecule has 122 valence electrons. The average molecular weight is 472 g/mol. The van der Waals surface area contributed by atoms with E-state index in [0.717, 1.165) is 9.26 Å². The standard InChI is InChI=1S/C16H12Cl2IN5/c17-9-5-10(18)7-13(6-9)24-16-14(20)15(21-8-22-16)23-12-3-1-11(19)2-4-12/h1-8H,20H2,(H2,21,22,23,24). The molecular formula is C16H12Cl2IN5. The molecule has 0 amide bonds. The maximum Gasteiger partial charge on any atom is 0.159 e. The third-order valence-corrected chi connectivity index (χ3v) is 4.27. The monoisotopic (exact) mass is 471 g/mol. The molecule has 0 aliphatic heterocycles. The van der Waals surface area contributed by atoms with Crippen molar-refractivity contribution >= 4 is 74.5 Å². The summed E-state index contributed by atoms with van der Waals surface area (Å²) in [6, 6.07) is 13.0. The van der Waals surface area contributed by atoms with E-state index in [4.69, 9.17) is 28.9 Å². The van der Waals surface area contributed by atoms with Crippen LogP contribution in [0.2, 0.25) is 10.0 Å². The molecule has 5 nitrogen and oxygen atoms in total. The summed E-state index contributed by atoms with van der Waals surface area (Å²) < 4.78 is 1.15. The molecule has 0 bridgehead atoms. The van der Waals surface area contributed by atoms with Gasteiger partial charge in [-0.3, -0.25) is 0 Å². The predicted octanol–water partition coefficient (Wildman–Crippen LogP) is 5.46. The molecule has 3 rings (SSSR count). The summed E-state index contributed by atoms with van der Waals surface area (Å²) in [7, 11) is 0. The molecule has 0 saturated heterocycles. The van der Waals surface area contributed by atoms with Crippen molar-refractivity contribution in [3.8, 4) is 0 Å². The van der Waals surface area contributed by atoms with Crippen LogP contribution in [-0.2, 0) is 0 Å². The number of benzene rings is 2. The zero-order valence-corrected chi connectivity index (χ0v) is 15.9. The van der Waals surface area contributed by atoms with Crippen LogP contribution in [-0.4, -0.2) is 9.97 Å². The Hall–Kier alpha value is -1.77. The van der Waals surface area contributed by atoms with Crippen molar-refractivity contribution in [3.63, 3.8) is 0 Å². The Balaban J connectivity index is 1.86. The highest BCUT2D eigenvalue weighted by Crippen LogP contribution is 2.30. The van der Waals surface area contributed by atoms with E-state index in [0.29, 0.717) is 33.1 Å². The molecule has 0 saturated carbocycles. The SMILES string of the molecule is Nc1c(Nc2ccc(I)cc2)ncnc1Nc1cc(Cl)cc(Cl)c1. The number of halogens is 3. The van der Waals surface area contributed by atoms with Crippen LogP contribution in [0.3, 0.4) is 0 Å². The van der Waals surface area contributed by atoms with Gasteiger partial charge in [0.25, 0.3) is 0 Å². The number of rotatable bonds is 4. The van der Waals surface area contributed by atoms with E-state index in [1.165, 1.54) is 6.33 Å². The van der Waals surface area contributed by atoms with Gasteiger partial charge in [0, 0.05) is 25.0 Å². The van der Waals surface area contributed by atoms with Crippen molar-refractivity contribution in [2.24, 2.45) is 0 Å². The van der Waals surface area contributed by atoms with Gasteiger partial charge < -0.3 is 16.4 Å². The number of nitrogens with one attached hydrogen (secondary N) is 2. The first kappa shape index (κ1) is 17.1. The highest BCUT2D eigenvalue weighted by Gasteiger charge is 2.09. The van der Waals surface area contributed by atoms with Crippen molar-refractivity contribution in [1.82, 2.24) is 9.97 Å². The molecule has 0 unspecified atom stereocenters. The molecule has 0 spiro atoms. The third-order valence-electron chi connectivity index (χ3n) is 3.12. The molecule has 0 aliphatic rings. The van der Waals surface area contributed by atoms with Crippen LogP contribution < -0.4 is 16.4 Å². The number of hydrogen-bond donors (Lipinski definition) is 3. The zero-order valence-electron chi connectivity index (χ0n) is 12.2. The van der Waals surface area contributed by atoms with E-state index in [-0.39, 0.29) is 0 Å². The highest BCUT2D eigenvalue weighted by molar-refractivity contribution is 14.1. The van der Waals surface area contributed by atoms with E-state index < -0.39 is 0 Å². The van der Waals surface area contributed by atoms with Crippen molar-refractivity contribution in [3.05, 3.63) is 62.4 Å². The molecule has 3 aromatic rings. The molecule has 1 aromatic heterocycles. The Morgan fingerprint density at radius 1 is 0.833 bits per heavy atom. The second-order valence-corrected chi connectivity index (χ2v) is 7.02. The van der Waals surface area contributed by atoms with Crippen LogP contribution in [0.4, 0.5) is 28.7 Å². The van der Waals surface area contributed by atoms with Crippen LogP contribution >= 0.6 is 45.8 Å². The van der Waals surface area contributed by atoms with Gasteiger partial charge in [-0.25, -0.2) is 9.97 Å². The molecule has 0 atom stereocenters. The Labute approximate surface area is 162 Å². The number of aromatic nitrogens is 2. The maximum absolute atomic E-state index is 6.17. The first-order valence-electron chi connectivity index (χ1n) is 6.87. The van der Waals surface area contributed by atoms with E-state index in [2.05, 4.69) is 43.2 Å². The van der Waals surface area contributed by atoms with Crippen LogP contribution in [0.25, 0.3) is 0 Å². The van der Waals surface area contributed by atoms with E-state index >= 15 is 0 Å². The second-order valence-electron chi connectivity index (χ2n) is 4.90. The minimum Gasteiger partial charge on any atom is -0.393 e. The van der Waals surface area contributed by atoms with Crippen LogP contribution in [0.15, 0.2) is 48.8 Å². The lowest BCUT2D eigenvalue weighted by Crippen LogP contribution is -2.05. The summed E-state index contributed by atoms with van der Waals surface area (Å²) in [5.41, 5.74) is 8.14. The molecule has 24 heavy (non-hydrogen) atoms. The molecule has 4 N–H and O–H groups in total. The third kappa shape index (κ3) is 4.19. The fourth-order valence-corrected chi connectivity index (χ4v) is 2.91. The zero-order chi connectivity index (χ0) is 17.1. The van der Waals surface area contributed by atoms with E-state index in [1.807, 2.05) is 24.3 Å². The predicted molar refractivity (Wildman–Crippen MR) is 109 cm³/mol. The second kappa shape index (κ2) is 7.42. The van der Waals surface area contributed by atoms with Crippen molar-refractivity contribution in [1.29, 1.82) is 0 Å². The lowest BCUT2D eigenvalue weighted by molar-refractivity contribution is 1.17. The van der Waals surface area contributed by atoms with Crippen molar-refractivity contribution in [2.75, 3.05) is 16.4 Å². The fraction of sp³-hybridized carbons (Fsp3) is 0. The normalized spacial score (nSPS) is 10.5. The van der Waals surface area contributed by atoms with Crippen LogP contribution in [0.5, 0.6) is 0 Å². The first-order valence-corrected chi connectivity index (χ1v) is 8.71. The smallest absolute Gasteiger partial charge is 0.159 e. The Morgan fingerprint density at radius 2 is 1.38 bits per heavy atom. The van der Waals surface area contributed by atoms with E-state index in [9.17, 15) is 0 Å². The quantitative estimate of drug-likeness (QED) is 0.440. The summed E-state index contributed by atoms with van der Waals surface area (Å²) >= 11 is 14.3. The van der Waals surface area contributed by atoms with Gasteiger partial charge in [0.05, 0.1) is 0 Å². The van der Waals surface area contributed by atoms with Crippen molar-refractivity contribution < 1.29 is 0 Å².